The van der Waals surface area contributed by atoms with E-state index in [0.29, 0.717) is 28.1 Å². The fourth-order valence-corrected chi connectivity index (χ4v) is 2.95. The highest BCUT2D eigenvalue weighted by Crippen LogP contribution is 2.44. The average Bonchev–Trinajstić information content (AvgIpc) is 2.89. The minimum absolute atomic E-state index is 0.230. The summed E-state index contributed by atoms with van der Waals surface area (Å²) in [6.45, 7) is 6.46. The molecular formula is C15H17Cl2N3O. The molecule has 21 heavy (non-hydrogen) atoms. The second-order valence-electron chi connectivity index (χ2n) is 4.37. The number of rotatable bonds is 1. The van der Waals surface area contributed by atoms with E-state index in [1.165, 1.54) is 0 Å². The molecule has 1 aliphatic rings. The summed E-state index contributed by atoms with van der Waals surface area (Å²) in [5.74, 6) is 0.921. The molecule has 0 bridgehead atoms. The molecule has 112 valence electrons. The Kier molecular flexibility index (Phi) is 4.91. The third kappa shape index (κ3) is 3.06. The summed E-state index contributed by atoms with van der Waals surface area (Å²) in [7, 11) is 0. The Balaban J connectivity index is 0.000000774. The van der Waals surface area contributed by atoms with Crippen molar-refractivity contribution in [3.63, 3.8) is 0 Å². The van der Waals surface area contributed by atoms with Crippen LogP contribution in [0.25, 0.3) is 11.3 Å². The number of fused-ring (bicyclic) bond motifs is 1. The van der Waals surface area contributed by atoms with Gasteiger partial charge in [-0.2, -0.15) is 0 Å². The summed E-state index contributed by atoms with van der Waals surface area (Å²) < 4.78 is 5.54. The molecule has 0 atom stereocenters. The highest BCUT2D eigenvalue weighted by Gasteiger charge is 2.24. The van der Waals surface area contributed by atoms with Crippen molar-refractivity contribution < 1.29 is 4.74 Å². The third-order valence-corrected chi connectivity index (χ3v) is 3.59. The van der Waals surface area contributed by atoms with E-state index >= 15 is 0 Å². The van der Waals surface area contributed by atoms with Gasteiger partial charge >= 0.3 is 0 Å². The monoisotopic (exact) mass is 325 g/mol. The van der Waals surface area contributed by atoms with Crippen LogP contribution in [0.3, 0.4) is 0 Å². The molecular weight excluding hydrogens is 309 g/mol. The Labute approximate surface area is 134 Å². The standard InChI is InChI=1S/C13H11Cl2N3O.C2H6/c1-6-4-10(18-13(16)17-6)11-7-2-3-19-12(7)9(15)5-8(11)14;1-2/h4-5H,2-3H2,1H3,(H2,16,17,18);1-2H3. The Morgan fingerprint density at radius 1 is 1.14 bits per heavy atom. The quantitative estimate of drug-likeness (QED) is 0.848. The smallest absolute Gasteiger partial charge is 0.220 e. The SMILES string of the molecule is CC.Cc1cc(-c2c(Cl)cc(Cl)c3c2CCO3)nc(N)n1. The molecule has 0 fully saturated rings. The zero-order valence-electron chi connectivity index (χ0n) is 12.2. The van der Waals surface area contributed by atoms with Crippen molar-refractivity contribution in [2.24, 2.45) is 0 Å². The minimum atomic E-state index is 0.230. The van der Waals surface area contributed by atoms with Gasteiger partial charge in [0, 0.05) is 23.2 Å². The second kappa shape index (κ2) is 6.50. The van der Waals surface area contributed by atoms with Crippen molar-refractivity contribution in [2.45, 2.75) is 27.2 Å². The summed E-state index contributed by atoms with van der Waals surface area (Å²) in [5, 5.41) is 1.08. The van der Waals surface area contributed by atoms with Crippen LogP contribution in [0.1, 0.15) is 25.1 Å². The minimum Gasteiger partial charge on any atom is -0.491 e. The topological polar surface area (TPSA) is 61.0 Å². The van der Waals surface area contributed by atoms with Gasteiger partial charge in [0.15, 0.2) is 0 Å². The molecule has 6 heteroatoms. The van der Waals surface area contributed by atoms with Gasteiger partial charge in [0.2, 0.25) is 5.95 Å². The summed E-state index contributed by atoms with van der Waals surface area (Å²) in [4.78, 5) is 8.32. The van der Waals surface area contributed by atoms with Crippen molar-refractivity contribution in [1.82, 2.24) is 9.97 Å². The molecule has 2 aromatic rings. The van der Waals surface area contributed by atoms with Crippen LogP contribution in [-0.4, -0.2) is 16.6 Å². The second-order valence-corrected chi connectivity index (χ2v) is 5.19. The molecule has 2 heterocycles. The van der Waals surface area contributed by atoms with E-state index in [0.717, 1.165) is 23.2 Å². The van der Waals surface area contributed by atoms with Gasteiger partial charge in [-0.25, -0.2) is 9.97 Å². The Morgan fingerprint density at radius 2 is 1.86 bits per heavy atom. The molecule has 1 aromatic heterocycles. The van der Waals surface area contributed by atoms with Crippen LogP contribution >= 0.6 is 23.2 Å². The first kappa shape index (κ1) is 15.9. The van der Waals surface area contributed by atoms with Crippen LogP contribution in [0.2, 0.25) is 10.0 Å². The number of nitrogens with two attached hydrogens (primary N) is 1. The van der Waals surface area contributed by atoms with Gasteiger partial charge in [-0.05, 0) is 19.1 Å². The zero-order chi connectivity index (χ0) is 15.6. The fourth-order valence-electron chi connectivity index (χ4n) is 2.30. The van der Waals surface area contributed by atoms with Crippen molar-refractivity contribution in [2.75, 3.05) is 12.3 Å². The highest BCUT2D eigenvalue weighted by molar-refractivity contribution is 6.37. The number of hydrogen-bond donors (Lipinski definition) is 1. The molecule has 0 radical (unpaired) electrons. The highest BCUT2D eigenvalue weighted by atomic mass is 35.5. The van der Waals surface area contributed by atoms with Crippen molar-refractivity contribution in [1.29, 1.82) is 0 Å². The van der Waals surface area contributed by atoms with Crippen molar-refractivity contribution >= 4 is 29.2 Å². The maximum atomic E-state index is 6.31. The van der Waals surface area contributed by atoms with E-state index < -0.39 is 0 Å². The van der Waals surface area contributed by atoms with Gasteiger partial charge in [0.25, 0.3) is 0 Å². The van der Waals surface area contributed by atoms with Gasteiger partial charge in [0.1, 0.15) is 5.75 Å². The van der Waals surface area contributed by atoms with E-state index in [-0.39, 0.29) is 5.95 Å². The average molecular weight is 326 g/mol. The van der Waals surface area contributed by atoms with E-state index in [1.54, 1.807) is 6.07 Å². The Hall–Kier alpha value is -1.52. The van der Waals surface area contributed by atoms with Gasteiger partial charge in [-0.1, -0.05) is 37.0 Å². The number of aryl methyl sites for hydroxylation is 1. The molecule has 0 spiro atoms. The van der Waals surface area contributed by atoms with E-state index in [9.17, 15) is 0 Å². The number of halogens is 2. The van der Waals surface area contributed by atoms with E-state index in [1.807, 2.05) is 26.8 Å². The first-order valence-electron chi connectivity index (χ1n) is 6.81. The molecule has 0 saturated carbocycles. The van der Waals surface area contributed by atoms with Crippen molar-refractivity contribution in [3.8, 4) is 17.0 Å². The third-order valence-electron chi connectivity index (χ3n) is 3.01. The van der Waals surface area contributed by atoms with Crippen LogP contribution in [0.15, 0.2) is 12.1 Å². The Morgan fingerprint density at radius 3 is 2.52 bits per heavy atom. The van der Waals surface area contributed by atoms with Gasteiger partial charge in [0.05, 0.1) is 22.3 Å². The molecule has 0 saturated heterocycles. The van der Waals surface area contributed by atoms with Crippen LogP contribution in [0.4, 0.5) is 5.95 Å². The number of nitrogens with zero attached hydrogens (tertiary/aromatic N) is 2. The number of benzene rings is 1. The maximum Gasteiger partial charge on any atom is 0.220 e. The summed E-state index contributed by atoms with van der Waals surface area (Å²) in [6, 6.07) is 3.53. The molecule has 1 aromatic carbocycles. The lowest BCUT2D eigenvalue weighted by atomic mass is 10.0. The van der Waals surface area contributed by atoms with Crippen LogP contribution in [0.5, 0.6) is 5.75 Å². The van der Waals surface area contributed by atoms with Gasteiger partial charge in [-0.3, -0.25) is 0 Å². The number of aromatic nitrogens is 2. The summed E-state index contributed by atoms with van der Waals surface area (Å²) in [5.41, 5.74) is 9.01. The number of nitrogen functional groups attached to an aromatic ring is 1. The largest absolute Gasteiger partial charge is 0.491 e. The lowest BCUT2D eigenvalue weighted by molar-refractivity contribution is 0.357. The number of ether oxygens (including phenoxy) is 1. The van der Waals surface area contributed by atoms with Crippen molar-refractivity contribution in [3.05, 3.63) is 33.4 Å². The van der Waals surface area contributed by atoms with Crippen LogP contribution < -0.4 is 10.5 Å². The lowest BCUT2D eigenvalue weighted by Crippen LogP contribution is -2.00. The predicted octanol–water partition coefficient (Wildman–Crippen LogP) is 4.30. The molecule has 0 unspecified atom stereocenters. The lowest BCUT2D eigenvalue weighted by Gasteiger charge is -2.11. The molecule has 1 aliphatic heterocycles. The summed E-state index contributed by atoms with van der Waals surface area (Å²) >= 11 is 12.4. The Bertz CT molecular complexity index is 654. The first-order chi connectivity index (χ1) is 10.1. The fraction of sp³-hybridized carbons (Fsp3) is 0.333. The number of hydrogen-bond acceptors (Lipinski definition) is 4. The molecule has 0 amide bonds. The number of anilines is 1. The zero-order valence-corrected chi connectivity index (χ0v) is 13.7. The molecule has 3 rings (SSSR count). The van der Waals surface area contributed by atoms with E-state index in [2.05, 4.69) is 9.97 Å². The van der Waals surface area contributed by atoms with Gasteiger partial charge < -0.3 is 10.5 Å². The first-order valence-corrected chi connectivity index (χ1v) is 7.57. The van der Waals surface area contributed by atoms with Crippen LogP contribution in [-0.2, 0) is 6.42 Å². The van der Waals surface area contributed by atoms with E-state index in [4.69, 9.17) is 33.7 Å². The predicted molar refractivity (Wildman–Crippen MR) is 87.2 cm³/mol. The molecule has 2 N–H and O–H groups in total. The summed E-state index contributed by atoms with van der Waals surface area (Å²) in [6.07, 6.45) is 0.758. The van der Waals surface area contributed by atoms with Gasteiger partial charge in [-0.15, -0.1) is 0 Å². The maximum absolute atomic E-state index is 6.31. The normalized spacial score (nSPS) is 12.2. The molecule has 0 aliphatic carbocycles. The van der Waals surface area contributed by atoms with Crippen LogP contribution in [0, 0.1) is 6.92 Å². The molecule has 4 nitrogen and oxygen atoms in total.